The predicted molar refractivity (Wildman–Crippen MR) is 91.9 cm³/mol. The Labute approximate surface area is 156 Å². The number of ether oxygens (including phenoxy) is 3. The van der Waals surface area contributed by atoms with Crippen LogP contribution in [0.1, 0.15) is 17.3 Å². The van der Waals surface area contributed by atoms with E-state index in [2.05, 4.69) is 0 Å². The highest BCUT2D eigenvalue weighted by atomic mass is 16.7. The van der Waals surface area contributed by atoms with Crippen LogP contribution < -0.4 is 0 Å². The van der Waals surface area contributed by atoms with Gasteiger partial charge in [0, 0.05) is 0 Å². The zero-order valence-corrected chi connectivity index (χ0v) is 14.8. The standard InChI is InChI=1S/C18H24O9/c1-10(6-7-25-17(24)11-4-2-3-5-12(11)20)9-26-18-16(23)15(22)14(21)13(8-19)27-18/h2-6,13-16,18-23H,7-9H2,1H3/b10-6+/t13-,14-,15+,16-,18-/m1/s1. The SMILES string of the molecule is C/C(=C\COC(=O)c1ccccc1O)CO[C@@H]1O[C@H](CO)[C@@H](O)[C@H](O)[C@H]1O. The number of carbonyl (C=O) groups is 1. The number of aliphatic hydroxyl groups excluding tert-OH is 4. The molecule has 27 heavy (non-hydrogen) atoms. The fourth-order valence-corrected chi connectivity index (χ4v) is 2.46. The van der Waals surface area contributed by atoms with Crippen LogP contribution in [0.3, 0.4) is 0 Å². The van der Waals surface area contributed by atoms with E-state index in [9.17, 15) is 25.2 Å². The van der Waals surface area contributed by atoms with E-state index in [4.69, 9.17) is 19.3 Å². The number of rotatable bonds is 7. The maximum atomic E-state index is 11.9. The Morgan fingerprint density at radius 3 is 2.56 bits per heavy atom. The van der Waals surface area contributed by atoms with Crippen molar-refractivity contribution >= 4 is 5.97 Å². The number of aromatic hydroxyl groups is 1. The number of hydrogen-bond acceptors (Lipinski definition) is 9. The van der Waals surface area contributed by atoms with Crippen molar-refractivity contribution in [2.24, 2.45) is 0 Å². The summed E-state index contributed by atoms with van der Waals surface area (Å²) in [5.41, 5.74) is 0.707. The lowest BCUT2D eigenvalue weighted by Crippen LogP contribution is -2.59. The fraction of sp³-hybridized carbons (Fsp3) is 0.500. The van der Waals surface area contributed by atoms with Crippen LogP contribution in [0.4, 0.5) is 0 Å². The molecule has 0 spiro atoms. The number of phenols is 1. The summed E-state index contributed by atoms with van der Waals surface area (Å²) in [6.45, 7) is 1.09. The number of esters is 1. The second kappa shape index (κ2) is 9.79. The van der Waals surface area contributed by atoms with Gasteiger partial charge in [0.1, 0.15) is 42.3 Å². The first-order chi connectivity index (χ1) is 12.8. The average Bonchev–Trinajstić information content (AvgIpc) is 2.66. The molecule has 0 unspecified atom stereocenters. The smallest absolute Gasteiger partial charge is 0.342 e. The Morgan fingerprint density at radius 2 is 1.89 bits per heavy atom. The Balaban J connectivity index is 1.82. The second-order valence-corrected chi connectivity index (χ2v) is 6.17. The topological polar surface area (TPSA) is 146 Å². The lowest BCUT2D eigenvalue weighted by Gasteiger charge is -2.39. The molecule has 5 N–H and O–H groups in total. The Hall–Kier alpha value is -2.01. The van der Waals surface area contributed by atoms with Crippen molar-refractivity contribution in [3.05, 3.63) is 41.5 Å². The molecule has 9 nitrogen and oxygen atoms in total. The van der Waals surface area contributed by atoms with Crippen molar-refractivity contribution in [2.45, 2.75) is 37.6 Å². The van der Waals surface area contributed by atoms with Crippen molar-refractivity contribution in [3.8, 4) is 5.75 Å². The number of carbonyl (C=O) groups excluding carboxylic acids is 1. The maximum absolute atomic E-state index is 11.9. The predicted octanol–water partition coefficient (Wildman–Crippen LogP) is -0.688. The summed E-state index contributed by atoms with van der Waals surface area (Å²) < 4.78 is 15.6. The first kappa shape index (κ1) is 21.3. The van der Waals surface area contributed by atoms with Crippen molar-refractivity contribution in [1.29, 1.82) is 0 Å². The molecule has 150 valence electrons. The third-order valence-corrected chi connectivity index (χ3v) is 4.09. The molecule has 9 heteroatoms. The van der Waals surface area contributed by atoms with Gasteiger partial charge in [-0.15, -0.1) is 0 Å². The van der Waals surface area contributed by atoms with Crippen LogP contribution in [0, 0.1) is 0 Å². The van der Waals surface area contributed by atoms with Crippen LogP contribution in [0.2, 0.25) is 0 Å². The van der Waals surface area contributed by atoms with Crippen LogP contribution >= 0.6 is 0 Å². The van der Waals surface area contributed by atoms with E-state index in [0.29, 0.717) is 5.57 Å². The van der Waals surface area contributed by atoms with Gasteiger partial charge in [-0.05, 0) is 30.7 Å². The molecule has 0 radical (unpaired) electrons. The van der Waals surface area contributed by atoms with Gasteiger partial charge in [0.15, 0.2) is 6.29 Å². The quantitative estimate of drug-likeness (QED) is 0.304. The zero-order chi connectivity index (χ0) is 20.0. The van der Waals surface area contributed by atoms with Crippen molar-refractivity contribution in [1.82, 2.24) is 0 Å². The number of hydrogen-bond donors (Lipinski definition) is 5. The minimum absolute atomic E-state index is 0.00315. The highest BCUT2D eigenvalue weighted by molar-refractivity contribution is 5.92. The molecular formula is C18H24O9. The van der Waals surface area contributed by atoms with E-state index in [1.807, 2.05) is 0 Å². The molecule has 0 bridgehead atoms. The van der Waals surface area contributed by atoms with Gasteiger partial charge in [0.2, 0.25) is 0 Å². The molecule has 1 aliphatic heterocycles. The minimum Gasteiger partial charge on any atom is -0.507 e. The first-order valence-electron chi connectivity index (χ1n) is 8.38. The van der Waals surface area contributed by atoms with Crippen LogP contribution in [0.25, 0.3) is 0 Å². The molecule has 0 aromatic heterocycles. The van der Waals surface area contributed by atoms with E-state index < -0.39 is 43.3 Å². The molecule has 0 aliphatic carbocycles. The van der Waals surface area contributed by atoms with Gasteiger partial charge in [0.05, 0.1) is 13.2 Å². The Bertz CT molecular complexity index is 658. The third-order valence-electron chi connectivity index (χ3n) is 4.09. The summed E-state index contributed by atoms with van der Waals surface area (Å²) in [6.07, 6.45) is -5.14. The molecule has 5 atom stereocenters. The van der Waals surface area contributed by atoms with Crippen LogP contribution in [0.5, 0.6) is 5.75 Å². The Morgan fingerprint density at radius 1 is 1.19 bits per heavy atom. The summed E-state index contributed by atoms with van der Waals surface area (Å²) in [7, 11) is 0. The molecule has 1 aromatic carbocycles. The first-order valence-corrected chi connectivity index (χ1v) is 8.38. The molecule has 0 amide bonds. The van der Waals surface area contributed by atoms with E-state index in [0.717, 1.165) is 0 Å². The molecular weight excluding hydrogens is 360 g/mol. The van der Waals surface area contributed by atoms with E-state index in [1.165, 1.54) is 12.1 Å². The van der Waals surface area contributed by atoms with Crippen molar-refractivity contribution in [2.75, 3.05) is 19.8 Å². The van der Waals surface area contributed by atoms with E-state index in [-0.39, 0.29) is 24.5 Å². The summed E-state index contributed by atoms with van der Waals surface area (Å²) >= 11 is 0. The van der Waals surface area contributed by atoms with Gasteiger partial charge in [-0.1, -0.05) is 12.1 Å². The average molecular weight is 384 g/mol. The molecule has 1 aromatic rings. The van der Waals surface area contributed by atoms with Gasteiger partial charge in [-0.3, -0.25) is 0 Å². The summed E-state index contributed by atoms with van der Waals surface area (Å²) in [5, 5.41) is 48.0. The number of phenolic OH excluding ortho intramolecular Hbond substituents is 1. The van der Waals surface area contributed by atoms with Gasteiger partial charge in [0.25, 0.3) is 0 Å². The van der Waals surface area contributed by atoms with Crippen molar-refractivity contribution in [3.63, 3.8) is 0 Å². The Kier molecular flexibility index (Phi) is 7.72. The van der Waals surface area contributed by atoms with Gasteiger partial charge in [-0.2, -0.15) is 0 Å². The van der Waals surface area contributed by atoms with Gasteiger partial charge < -0.3 is 39.7 Å². The number of aliphatic hydroxyl groups is 4. The molecule has 0 saturated carbocycles. The zero-order valence-electron chi connectivity index (χ0n) is 14.8. The number of para-hydroxylation sites is 1. The third kappa shape index (κ3) is 5.48. The maximum Gasteiger partial charge on any atom is 0.342 e. The number of benzene rings is 1. The monoisotopic (exact) mass is 384 g/mol. The summed E-state index contributed by atoms with van der Waals surface area (Å²) in [5.74, 6) is -0.846. The van der Waals surface area contributed by atoms with Gasteiger partial charge in [-0.25, -0.2) is 4.79 Å². The van der Waals surface area contributed by atoms with E-state index in [1.54, 1.807) is 25.1 Å². The fourth-order valence-electron chi connectivity index (χ4n) is 2.46. The molecule has 1 saturated heterocycles. The van der Waals surface area contributed by atoms with Crippen LogP contribution in [0.15, 0.2) is 35.9 Å². The lowest BCUT2D eigenvalue weighted by molar-refractivity contribution is -0.299. The largest absolute Gasteiger partial charge is 0.507 e. The highest BCUT2D eigenvalue weighted by Gasteiger charge is 2.43. The normalized spacial score (nSPS) is 28.8. The summed E-state index contributed by atoms with van der Waals surface area (Å²) in [6, 6.07) is 6.01. The van der Waals surface area contributed by atoms with E-state index >= 15 is 0 Å². The minimum atomic E-state index is -1.51. The molecule has 1 fully saturated rings. The summed E-state index contributed by atoms with van der Waals surface area (Å²) in [4.78, 5) is 11.9. The van der Waals surface area contributed by atoms with Gasteiger partial charge >= 0.3 is 5.97 Å². The lowest BCUT2D eigenvalue weighted by atomic mass is 9.99. The highest BCUT2D eigenvalue weighted by Crippen LogP contribution is 2.22. The molecule has 1 heterocycles. The molecule has 1 aliphatic rings. The second-order valence-electron chi connectivity index (χ2n) is 6.17. The van der Waals surface area contributed by atoms with Crippen molar-refractivity contribution < 1.29 is 44.5 Å². The van der Waals surface area contributed by atoms with Crippen LogP contribution in [-0.4, -0.2) is 82.0 Å². The molecule has 2 rings (SSSR count). The van der Waals surface area contributed by atoms with Crippen LogP contribution in [-0.2, 0) is 14.2 Å².